The molecule has 1 aliphatic rings. The maximum Gasteiger partial charge on any atom is 0.234 e. The van der Waals surface area contributed by atoms with E-state index in [9.17, 15) is 8.76 Å². The van der Waals surface area contributed by atoms with Crippen molar-refractivity contribution in [3.63, 3.8) is 0 Å². The fraction of sp³-hybridized carbons (Fsp3) is 0.350. The first kappa shape index (κ1) is 20.5. The minimum absolute atomic E-state index is 0.385. The predicted molar refractivity (Wildman–Crippen MR) is 122 cm³/mol. The zero-order valence-electron chi connectivity index (χ0n) is 16.9. The number of morpholine rings is 1. The van der Waals surface area contributed by atoms with Crippen molar-refractivity contribution in [1.82, 2.24) is 24.5 Å². The van der Waals surface area contributed by atoms with Crippen molar-refractivity contribution in [2.45, 2.75) is 13.5 Å². The third kappa shape index (κ3) is 3.94. The number of rotatable bonds is 6. The number of nitrogens with zero attached hydrogens (tertiary/aromatic N) is 5. The summed E-state index contributed by atoms with van der Waals surface area (Å²) in [7, 11) is 0. The number of hydrogen-bond donors (Lipinski definition) is 2. The van der Waals surface area contributed by atoms with Crippen LogP contribution in [0.1, 0.15) is 11.8 Å². The van der Waals surface area contributed by atoms with Gasteiger partial charge in [-0.1, -0.05) is 19.1 Å². The van der Waals surface area contributed by atoms with Crippen LogP contribution in [-0.4, -0.2) is 66.1 Å². The first-order valence-corrected chi connectivity index (χ1v) is 11.9. The average Bonchev–Trinajstić information content (AvgIpc) is 3.43. The van der Waals surface area contributed by atoms with Crippen LogP contribution in [0.4, 0.5) is 5.82 Å². The summed E-state index contributed by atoms with van der Waals surface area (Å²) in [4.78, 5) is 13.1. The molecule has 0 spiro atoms. The van der Waals surface area contributed by atoms with Crippen LogP contribution in [-0.2, 0) is 22.5 Å². The van der Waals surface area contributed by atoms with Crippen LogP contribution in [0.2, 0.25) is 0 Å². The number of benzene rings is 1. The number of hydrogen-bond acceptors (Lipinski definition) is 7. The van der Waals surface area contributed by atoms with Crippen molar-refractivity contribution >= 4 is 49.5 Å². The zero-order chi connectivity index (χ0) is 21.4. The Labute approximate surface area is 185 Å². The quantitative estimate of drug-likeness (QED) is 0.428. The molecule has 4 heterocycles. The molecule has 1 fully saturated rings. The van der Waals surface area contributed by atoms with Crippen molar-refractivity contribution in [1.29, 1.82) is 0 Å². The van der Waals surface area contributed by atoms with E-state index in [1.54, 1.807) is 17.5 Å². The van der Waals surface area contributed by atoms with Crippen LogP contribution >= 0.6 is 11.3 Å². The van der Waals surface area contributed by atoms with Gasteiger partial charge in [0.25, 0.3) is 0 Å². The Morgan fingerprint density at radius 2 is 2.16 bits per heavy atom. The molecule has 31 heavy (non-hydrogen) atoms. The Morgan fingerprint density at radius 3 is 2.94 bits per heavy atom. The number of H-pyrrole nitrogens is 1. The molecule has 0 radical (unpaired) electrons. The minimum Gasteiger partial charge on any atom is -0.378 e. The van der Waals surface area contributed by atoms with Gasteiger partial charge in [-0.25, -0.2) is 14.2 Å². The topological polar surface area (TPSA) is 107 Å². The van der Waals surface area contributed by atoms with Gasteiger partial charge >= 0.3 is 0 Å². The molecule has 1 aromatic carbocycles. The highest BCUT2D eigenvalue weighted by Crippen LogP contribution is 2.36. The Bertz CT molecular complexity index is 1250. The van der Waals surface area contributed by atoms with Gasteiger partial charge in [0.1, 0.15) is 0 Å². The molecule has 0 amide bonds. The Morgan fingerprint density at radius 1 is 1.32 bits per heavy atom. The molecular formula is C20H22N6O3S2. The molecule has 0 saturated carbocycles. The lowest BCUT2D eigenvalue weighted by Crippen LogP contribution is -2.36. The first-order chi connectivity index (χ1) is 15.1. The summed E-state index contributed by atoms with van der Waals surface area (Å²) < 4.78 is 29.1. The maximum absolute atomic E-state index is 11.6. The summed E-state index contributed by atoms with van der Waals surface area (Å²) in [5, 5.41) is 8.13. The third-order valence-corrected chi connectivity index (χ3v) is 7.28. The van der Waals surface area contributed by atoms with Crippen molar-refractivity contribution in [3.05, 3.63) is 35.3 Å². The van der Waals surface area contributed by atoms with E-state index in [4.69, 9.17) is 14.7 Å². The number of ether oxygens (including phenoxy) is 1. The fourth-order valence-corrected chi connectivity index (χ4v) is 5.45. The second kappa shape index (κ2) is 8.60. The normalized spacial score (nSPS) is 15.9. The number of aromatic nitrogens is 4. The molecule has 0 bridgehead atoms. The van der Waals surface area contributed by atoms with Crippen molar-refractivity contribution < 1.29 is 13.5 Å². The van der Waals surface area contributed by atoms with E-state index in [1.807, 2.05) is 31.2 Å². The SMILES string of the molecule is CCN(Cc1cc2nc(-c3cccc4[nH]ncc34)nc(N3CCOCC3)c2s1)S(=O)O. The largest absolute Gasteiger partial charge is 0.378 e. The van der Waals surface area contributed by atoms with Gasteiger partial charge in [0.05, 0.1) is 35.1 Å². The number of fused-ring (bicyclic) bond motifs is 2. The maximum atomic E-state index is 11.6. The molecule has 2 N–H and O–H groups in total. The molecule has 3 aromatic heterocycles. The second-order valence-electron chi connectivity index (χ2n) is 7.22. The highest BCUT2D eigenvalue weighted by molar-refractivity contribution is 7.76. The van der Waals surface area contributed by atoms with E-state index in [0.29, 0.717) is 32.1 Å². The molecule has 9 nitrogen and oxygen atoms in total. The van der Waals surface area contributed by atoms with Crippen molar-refractivity contribution in [2.75, 3.05) is 37.7 Å². The molecule has 5 rings (SSSR count). The van der Waals surface area contributed by atoms with Crippen LogP contribution in [0.5, 0.6) is 0 Å². The predicted octanol–water partition coefficient (Wildman–Crippen LogP) is 3.03. The van der Waals surface area contributed by atoms with Gasteiger partial charge in [-0.05, 0) is 12.1 Å². The molecule has 0 aliphatic carbocycles. The van der Waals surface area contributed by atoms with Gasteiger partial charge in [0.15, 0.2) is 11.6 Å². The van der Waals surface area contributed by atoms with Gasteiger partial charge in [0, 0.05) is 42.0 Å². The molecule has 1 saturated heterocycles. The zero-order valence-corrected chi connectivity index (χ0v) is 18.6. The Hall–Kier alpha value is -2.44. The molecule has 4 aromatic rings. The van der Waals surface area contributed by atoms with Gasteiger partial charge in [-0.2, -0.15) is 9.40 Å². The smallest absolute Gasteiger partial charge is 0.234 e. The number of thiophene rings is 1. The van der Waals surface area contributed by atoms with E-state index in [1.165, 1.54) is 4.31 Å². The molecule has 1 unspecified atom stereocenters. The number of nitrogens with one attached hydrogen (secondary N) is 1. The summed E-state index contributed by atoms with van der Waals surface area (Å²) >= 11 is -0.439. The average molecular weight is 459 g/mol. The molecule has 1 aliphatic heterocycles. The van der Waals surface area contributed by atoms with Crippen LogP contribution < -0.4 is 4.90 Å². The first-order valence-electron chi connectivity index (χ1n) is 10.1. The molecule has 162 valence electrons. The summed E-state index contributed by atoms with van der Waals surface area (Å²) in [5.41, 5.74) is 2.69. The highest BCUT2D eigenvalue weighted by Gasteiger charge is 2.22. The van der Waals surface area contributed by atoms with Gasteiger partial charge in [-0.3, -0.25) is 9.65 Å². The number of aromatic amines is 1. The summed E-state index contributed by atoms with van der Waals surface area (Å²) in [6, 6.07) is 7.94. The van der Waals surface area contributed by atoms with E-state index in [2.05, 4.69) is 15.1 Å². The minimum atomic E-state index is -2.01. The molecule has 11 heteroatoms. The highest BCUT2D eigenvalue weighted by atomic mass is 32.2. The van der Waals surface area contributed by atoms with E-state index < -0.39 is 11.3 Å². The number of anilines is 1. The van der Waals surface area contributed by atoms with E-state index >= 15 is 0 Å². The molecule has 1 atom stereocenters. The summed E-state index contributed by atoms with van der Waals surface area (Å²) in [5.74, 6) is 1.52. The van der Waals surface area contributed by atoms with Crippen molar-refractivity contribution in [2.24, 2.45) is 0 Å². The third-order valence-electron chi connectivity index (χ3n) is 5.35. The lowest BCUT2D eigenvalue weighted by molar-refractivity contribution is 0.122. The monoisotopic (exact) mass is 458 g/mol. The van der Waals surface area contributed by atoms with Crippen LogP contribution in [0.25, 0.3) is 32.5 Å². The Balaban J connectivity index is 1.65. The van der Waals surface area contributed by atoms with Gasteiger partial charge < -0.3 is 9.64 Å². The Kier molecular flexibility index (Phi) is 5.67. The van der Waals surface area contributed by atoms with Crippen molar-refractivity contribution in [3.8, 4) is 11.4 Å². The molecular weight excluding hydrogens is 436 g/mol. The van der Waals surface area contributed by atoms with Crippen LogP contribution in [0.15, 0.2) is 30.5 Å². The lowest BCUT2D eigenvalue weighted by Gasteiger charge is -2.28. The van der Waals surface area contributed by atoms with E-state index in [-0.39, 0.29) is 0 Å². The van der Waals surface area contributed by atoms with Gasteiger partial charge in [0.2, 0.25) is 11.3 Å². The summed E-state index contributed by atoms with van der Waals surface area (Å²) in [6.07, 6.45) is 1.79. The second-order valence-corrected chi connectivity index (χ2v) is 9.34. The lowest BCUT2D eigenvalue weighted by atomic mass is 10.1. The van der Waals surface area contributed by atoms with Crippen LogP contribution in [0.3, 0.4) is 0 Å². The van der Waals surface area contributed by atoms with Gasteiger partial charge in [-0.15, -0.1) is 11.3 Å². The van der Waals surface area contributed by atoms with Crippen LogP contribution in [0, 0.1) is 0 Å². The van der Waals surface area contributed by atoms with E-state index in [0.717, 1.165) is 50.5 Å². The summed E-state index contributed by atoms with van der Waals surface area (Å²) in [6.45, 7) is 5.56. The standard InChI is InChI=1S/C20H22N6O3S2/c1-2-26(31(27)28)12-13-10-17-18(30-13)20(25-6-8-29-9-7-25)23-19(22-17)14-4-3-5-16-15(14)11-21-24-16/h3-5,10-11H,2,6-9,12H2,1H3,(H,21,24)(H,27,28). The fourth-order valence-electron chi connectivity index (χ4n) is 3.77.